The number of aryl methyl sites for hydroxylation is 1. The number of hydrogen-bond donors (Lipinski definition) is 1. The summed E-state index contributed by atoms with van der Waals surface area (Å²) in [5.74, 6) is -1.41. The van der Waals surface area contributed by atoms with E-state index in [1.807, 2.05) is 29.9 Å². The van der Waals surface area contributed by atoms with Crippen molar-refractivity contribution in [1.29, 1.82) is 5.26 Å². The molecule has 0 aliphatic carbocycles. The number of amides is 2. The van der Waals surface area contributed by atoms with Crippen molar-refractivity contribution in [1.82, 2.24) is 9.47 Å². The predicted octanol–water partition coefficient (Wildman–Crippen LogP) is 5.50. The number of primary amides is 1. The number of nitrogens with two attached hydrogens (primary N) is 1. The second-order valence-electron chi connectivity index (χ2n) is 10.1. The van der Waals surface area contributed by atoms with Crippen LogP contribution in [0.15, 0.2) is 60.8 Å². The van der Waals surface area contributed by atoms with Gasteiger partial charge in [0.1, 0.15) is 23.8 Å². The summed E-state index contributed by atoms with van der Waals surface area (Å²) in [7, 11) is 1.83. The Bertz CT molecular complexity index is 1710. The molecule has 2 saturated heterocycles. The van der Waals surface area contributed by atoms with Crippen molar-refractivity contribution in [2.24, 2.45) is 12.8 Å². The van der Waals surface area contributed by atoms with Gasteiger partial charge in [0.2, 0.25) is 0 Å². The number of carbonyl (C=O) groups is 2. The average molecular weight is 527 g/mol. The highest BCUT2D eigenvalue weighted by molar-refractivity contribution is 5.99. The van der Waals surface area contributed by atoms with Crippen LogP contribution in [-0.4, -0.2) is 39.7 Å². The largest absolute Gasteiger partial charge is 0.444 e. The smallest absolute Gasteiger partial charge is 0.404 e. The van der Waals surface area contributed by atoms with Crippen molar-refractivity contribution < 1.29 is 23.1 Å². The van der Waals surface area contributed by atoms with Crippen molar-refractivity contribution in [3.8, 4) is 28.3 Å². The Balaban J connectivity index is 1.46. The summed E-state index contributed by atoms with van der Waals surface area (Å²) in [4.78, 5) is 26.8. The first kappa shape index (κ1) is 24.6. The first-order chi connectivity index (χ1) is 18.7. The zero-order valence-electron chi connectivity index (χ0n) is 21.0. The molecule has 0 spiro atoms. The number of aromatic nitrogens is 1. The number of rotatable bonds is 4. The van der Waals surface area contributed by atoms with Crippen LogP contribution in [0.4, 0.5) is 13.6 Å². The molecule has 2 aliphatic heterocycles. The third kappa shape index (κ3) is 4.09. The summed E-state index contributed by atoms with van der Waals surface area (Å²) in [6.45, 7) is 0. The monoisotopic (exact) mass is 526 g/mol. The van der Waals surface area contributed by atoms with Gasteiger partial charge in [-0.15, -0.1) is 0 Å². The van der Waals surface area contributed by atoms with Gasteiger partial charge in [0.15, 0.2) is 0 Å². The van der Waals surface area contributed by atoms with E-state index in [2.05, 4.69) is 0 Å². The first-order valence-electron chi connectivity index (χ1n) is 12.6. The Morgan fingerprint density at radius 1 is 1.00 bits per heavy atom. The molecule has 9 heteroatoms. The number of halogens is 2. The van der Waals surface area contributed by atoms with E-state index in [0.29, 0.717) is 40.7 Å². The minimum Gasteiger partial charge on any atom is -0.444 e. The summed E-state index contributed by atoms with van der Waals surface area (Å²) < 4.78 is 37.2. The molecule has 0 unspecified atom stereocenters. The summed E-state index contributed by atoms with van der Waals surface area (Å²) in [5, 5.41) is 10.0. The molecule has 2 aliphatic rings. The maximum atomic E-state index is 15.5. The number of benzene rings is 3. The van der Waals surface area contributed by atoms with Crippen molar-refractivity contribution in [3.05, 3.63) is 83.6 Å². The van der Waals surface area contributed by atoms with Crippen LogP contribution in [0, 0.1) is 23.0 Å². The molecule has 0 saturated carbocycles. The van der Waals surface area contributed by atoms with Crippen molar-refractivity contribution in [3.63, 3.8) is 0 Å². The molecule has 3 atom stereocenters. The van der Waals surface area contributed by atoms with Gasteiger partial charge in [0.05, 0.1) is 17.1 Å². The fourth-order valence-electron chi connectivity index (χ4n) is 6.10. The van der Waals surface area contributed by atoms with Gasteiger partial charge in [-0.1, -0.05) is 12.1 Å². The number of nitrogens with zero attached hydrogens (tertiary/aromatic N) is 3. The molecule has 2 N–H and O–H groups in total. The molecule has 2 amide bonds. The summed E-state index contributed by atoms with van der Waals surface area (Å²) in [6.07, 6.45) is 2.53. The maximum absolute atomic E-state index is 15.5. The highest BCUT2D eigenvalue weighted by Crippen LogP contribution is 2.42. The fourth-order valence-corrected chi connectivity index (χ4v) is 6.10. The lowest BCUT2D eigenvalue weighted by Crippen LogP contribution is -2.39. The topological polar surface area (TPSA) is 101 Å². The molecule has 3 heterocycles. The summed E-state index contributed by atoms with van der Waals surface area (Å²) >= 11 is 0. The molecule has 3 aromatic carbocycles. The van der Waals surface area contributed by atoms with E-state index in [1.54, 1.807) is 35.2 Å². The van der Waals surface area contributed by atoms with E-state index in [1.165, 1.54) is 18.2 Å². The highest BCUT2D eigenvalue weighted by atomic mass is 19.1. The Morgan fingerprint density at radius 2 is 1.82 bits per heavy atom. The van der Waals surface area contributed by atoms with Gasteiger partial charge in [0, 0.05) is 42.2 Å². The zero-order valence-corrected chi connectivity index (χ0v) is 21.0. The Kier molecular flexibility index (Phi) is 5.83. The predicted molar refractivity (Wildman–Crippen MR) is 140 cm³/mol. The normalized spacial score (nSPS) is 19.8. The molecule has 39 heavy (non-hydrogen) atoms. The van der Waals surface area contributed by atoms with Gasteiger partial charge in [0.25, 0.3) is 5.91 Å². The van der Waals surface area contributed by atoms with Crippen LogP contribution in [0.5, 0.6) is 0 Å². The molecule has 0 radical (unpaired) electrons. The van der Waals surface area contributed by atoms with Crippen LogP contribution >= 0.6 is 0 Å². The van der Waals surface area contributed by atoms with Gasteiger partial charge in [-0.3, -0.25) is 4.79 Å². The Morgan fingerprint density at radius 3 is 2.56 bits per heavy atom. The van der Waals surface area contributed by atoms with E-state index in [4.69, 9.17) is 10.5 Å². The average Bonchev–Trinajstić information content (AvgIpc) is 3.59. The van der Waals surface area contributed by atoms with Gasteiger partial charge < -0.3 is 19.9 Å². The standard InChI is InChI=1S/C30H24F2N4O3/c1-35-9-8-17-10-23(25(32)14-27(17)35)21-6-4-18(11-22(21)16-2-3-19(15-33)24(31)12-16)29(37)36-20-5-7-26(36)28(13-20)39-30(34)38/h2-4,6,8-12,14,20,26,28H,5,7,13H2,1H3,(H2,34,38)/t20-,26+,28+/m1/s1. The third-order valence-corrected chi connectivity index (χ3v) is 7.91. The van der Waals surface area contributed by atoms with Crippen molar-refractivity contribution >= 4 is 22.9 Å². The zero-order chi connectivity index (χ0) is 27.4. The molecule has 1 aromatic heterocycles. The Hall–Kier alpha value is -4.71. The molecular formula is C30H24F2N4O3. The fraction of sp³-hybridized carbons (Fsp3) is 0.233. The van der Waals surface area contributed by atoms with Crippen molar-refractivity contribution in [2.75, 3.05) is 0 Å². The van der Waals surface area contributed by atoms with Gasteiger partial charge in [-0.25, -0.2) is 13.6 Å². The van der Waals surface area contributed by atoms with Crippen LogP contribution in [0.2, 0.25) is 0 Å². The van der Waals surface area contributed by atoms with Crippen LogP contribution < -0.4 is 5.73 Å². The number of carbonyl (C=O) groups excluding carboxylic acids is 2. The van der Waals surface area contributed by atoms with Gasteiger partial charge in [-0.2, -0.15) is 5.26 Å². The van der Waals surface area contributed by atoms with Crippen molar-refractivity contribution in [2.45, 2.75) is 37.5 Å². The number of ether oxygens (including phenoxy) is 1. The SMILES string of the molecule is Cn1ccc2cc(-c3ccc(C(=O)N4[C@@H]5CC[C@H]4[C@@H](OC(N)=O)C5)cc3-c3ccc(C#N)c(F)c3)c(F)cc21. The van der Waals surface area contributed by atoms with Crippen LogP contribution in [0.3, 0.4) is 0 Å². The Labute approximate surface area is 223 Å². The molecular weight excluding hydrogens is 502 g/mol. The van der Waals surface area contributed by atoms with Crippen LogP contribution in [-0.2, 0) is 11.8 Å². The summed E-state index contributed by atoms with van der Waals surface area (Å²) in [6, 6.07) is 15.6. The molecule has 2 fully saturated rings. The lowest BCUT2D eigenvalue weighted by molar-refractivity contribution is 0.0601. The minimum atomic E-state index is -0.869. The maximum Gasteiger partial charge on any atom is 0.404 e. The second kappa shape index (κ2) is 9.24. The van der Waals surface area contributed by atoms with Gasteiger partial charge in [-0.05, 0) is 72.0 Å². The lowest BCUT2D eigenvalue weighted by Gasteiger charge is -2.24. The van der Waals surface area contributed by atoms with Crippen LogP contribution in [0.25, 0.3) is 33.2 Å². The highest BCUT2D eigenvalue weighted by Gasteiger charge is 2.50. The minimum absolute atomic E-state index is 0.0831. The lowest BCUT2D eigenvalue weighted by atomic mass is 9.91. The molecule has 6 rings (SSSR count). The van der Waals surface area contributed by atoms with E-state index >= 15 is 4.39 Å². The molecule has 2 bridgehead atoms. The van der Waals surface area contributed by atoms with E-state index < -0.39 is 23.8 Å². The van der Waals surface area contributed by atoms with E-state index in [-0.39, 0.29) is 23.6 Å². The summed E-state index contributed by atoms with van der Waals surface area (Å²) in [5.41, 5.74) is 7.84. The first-order valence-corrected chi connectivity index (χ1v) is 12.6. The number of fused-ring (bicyclic) bond motifs is 3. The van der Waals surface area contributed by atoms with Crippen LogP contribution in [0.1, 0.15) is 35.2 Å². The van der Waals surface area contributed by atoms with E-state index in [0.717, 1.165) is 17.3 Å². The molecule has 7 nitrogen and oxygen atoms in total. The third-order valence-electron chi connectivity index (χ3n) is 7.91. The number of nitriles is 1. The molecule has 196 valence electrons. The molecule has 4 aromatic rings. The van der Waals surface area contributed by atoms with Gasteiger partial charge >= 0.3 is 6.09 Å². The second-order valence-corrected chi connectivity index (χ2v) is 10.1. The van der Waals surface area contributed by atoms with E-state index in [9.17, 15) is 19.2 Å². The quantitative estimate of drug-likeness (QED) is 0.379. The number of hydrogen-bond acceptors (Lipinski definition) is 4.